The molecule has 3 aromatic rings. The molecule has 0 saturated carbocycles. The minimum absolute atomic E-state index is 0. The quantitative estimate of drug-likeness (QED) is 0.318. The zero-order valence-corrected chi connectivity index (χ0v) is 22.9. The molecule has 1 aromatic heterocycles. The molecule has 3 aliphatic heterocycles. The number of anilines is 1. The molecule has 4 aliphatic rings. The van der Waals surface area contributed by atoms with E-state index in [0.29, 0.717) is 40.8 Å². The SMILES string of the molecule is CCc1cc(NC(=O)C[N+]23CCC(CC2)[C@@H](OC(=O)C2(O)c4ccccc4Cc4ccccc42)C3)no1.[Br-]. The van der Waals surface area contributed by atoms with Crippen LogP contribution in [0, 0.1) is 5.92 Å². The summed E-state index contributed by atoms with van der Waals surface area (Å²) in [6.07, 6.45) is 2.76. The van der Waals surface area contributed by atoms with Gasteiger partial charge in [0.05, 0.1) is 13.1 Å². The number of nitrogens with zero attached hydrogens (tertiary/aromatic N) is 2. The second-order valence-corrected chi connectivity index (χ2v) is 10.7. The molecule has 9 heteroatoms. The van der Waals surface area contributed by atoms with Crippen molar-refractivity contribution in [1.82, 2.24) is 5.16 Å². The minimum atomic E-state index is -1.86. The third kappa shape index (κ3) is 4.57. The third-order valence-corrected chi connectivity index (χ3v) is 8.44. The van der Waals surface area contributed by atoms with Crippen LogP contribution in [0.25, 0.3) is 0 Å². The number of aliphatic hydroxyl groups is 1. The molecule has 1 atom stereocenters. The molecule has 3 saturated heterocycles. The van der Waals surface area contributed by atoms with Gasteiger partial charge in [-0.1, -0.05) is 60.6 Å². The molecule has 1 amide bonds. The summed E-state index contributed by atoms with van der Waals surface area (Å²) in [6, 6.07) is 16.8. The summed E-state index contributed by atoms with van der Waals surface area (Å²) in [5.41, 5.74) is 1.16. The Labute approximate surface area is 232 Å². The average molecular weight is 582 g/mol. The summed E-state index contributed by atoms with van der Waals surface area (Å²) >= 11 is 0. The Bertz CT molecular complexity index is 1300. The number of amides is 1. The first-order chi connectivity index (χ1) is 17.9. The highest BCUT2D eigenvalue weighted by Crippen LogP contribution is 2.42. The number of hydrogen-bond acceptors (Lipinski definition) is 6. The van der Waals surface area contributed by atoms with E-state index in [1.807, 2.05) is 55.5 Å². The van der Waals surface area contributed by atoms with Crippen LogP contribution in [0.3, 0.4) is 0 Å². The van der Waals surface area contributed by atoms with Gasteiger partial charge in [-0.15, -0.1) is 0 Å². The largest absolute Gasteiger partial charge is 1.00 e. The lowest BCUT2D eigenvalue weighted by molar-refractivity contribution is -0.939. The molecule has 0 radical (unpaired) electrons. The number of piperidine rings is 3. The van der Waals surface area contributed by atoms with Crippen LogP contribution in [0.15, 0.2) is 59.1 Å². The third-order valence-electron chi connectivity index (χ3n) is 8.44. The number of carbonyl (C=O) groups excluding carboxylic acids is 2. The Balaban J connectivity index is 0.00000294. The van der Waals surface area contributed by atoms with Crippen molar-refractivity contribution in [2.45, 2.75) is 44.3 Å². The summed E-state index contributed by atoms with van der Waals surface area (Å²) in [7, 11) is 0. The van der Waals surface area contributed by atoms with Crippen molar-refractivity contribution >= 4 is 17.7 Å². The molecule has 200 valence electrons. The zero-order valence-electron chi connectivity index (χ0n) is 21.4. The van der Waals surface area contributed by atoms with Gasteiger partial charge in [-0.05, 0) is 17.5 Å². The fraction of sp³-hybridized carbons (Fsp3) is 0.414. The molecule has 3 fully saturated rings. The normalized spacial score (nSPS) is 24.5. The van der Waals surface area contributed by atoms with Crippen LogP contribution in [0.4, 0.5) is 5.82 Å². The maximum atomic E-state index is 13.8. The number of aromatic nitrogens is 1. The van der Waals surface area contributed by atoms with Crippen molar-refractivity contribution < 1.29 is 45.4 Å². The maximum Gasteiger partial charge on any atom is 0.348 e. The van der Waals surface area contributed by atoms with Crippen LogP contribution < -0.4 is 22.3 Å². The molecular weight excluding hydrogens is 550 g/mol. The van der Waals surface area contributed by atoms with E-state index in [9.17, 15) is 14.7 Å². The van der Waals surface area contributed by atoms with Crippen LogP contribution in [-0.2, 0) is 32.8 Å². The first-order valence-electron chi connectivity index (χ1n) is 13.1. The van der Waals surface area contributed by atoms with Crippen LogP contribution >= 0.6 is 0 Å². The van der Waals surface area contributed by atoms with Crippen molar-refractivity contribution in [3.63, 3.8) is 0 Å². The number of halogens is 1. The van der Waals surface area contributed by atoms with E-state index in [-0.39, 0.29) is 41.5 Å². The van der Waals surface area contributed by atoms with Crippen molar-refractivity contribution in [2.24, 2.45) is 5.92 Å². The Hall–Kier alpha value is -3.01. The lowest BCUT2D eigenvalue weighted by atomic mass is 9.74. The van der Waals surface area contributed by atoms with E-state index in [1.54, 1.807) is 6.07 Å². The topological polar surface area (TPSA) is 102 Å². The summed E-state index contributed by atoms with van der Waals surface area (Å²) in [4.78, 5) is 26.7. The standard InChI is InChI=1S/C29H31N3O5.BrH/c1-2-22-16-26(31-37-22)30-27(33)18-32-13-11-19(12-14-32)25(17-32)36-28(34)29(35)23-9-5-3-7-20(23)15-21-8-4-6-10-24(21)29;/h3-10,16,19,25,35H,2,11-15,17-18H2,1H3;1H/t19?,25-,32?;/m0./s1. The number of nitrogens with one attached hydrogen (secondary N) is 1. The van der Waals surface area contributed by atoms with Crippen LogP contribution in [0.1, 0.15) is 47.8 Å². The highest BCUT2D eigenvalue weighted by molar-refractivity contribution is 5.90. The lowest BCUT2D eigenvalue weighted by Crippen LogP contribution is -3.00. The van der Waals surface area contributed by atoms with Gasteiger partial charge in [0.15, 0.2) is 18.5 Å². The second-order valence-electron chi connectivity index (χ2n) is 10.7. The highest BCUT2D eigenvalue weighted by Gasteiger charge is 2.52. The Kier molecular flexibility index (Phi) is 7.19. The number of esters is 1. The molecule has 8 nitrogen and oxygen atoms in total. The van der Waals surface area contributed by atoms with Gasteiger partial charge in [0, 0.05) is 42.4 Å². The van der Waals surface area contributed by atoms with Crippen molar-refractivity contribution in [1.29, 1.82) is 0 Å². The number of ether oxygens (including phenoxy) is 1. The Morgan fingerprint density at radius 1 is 1.11 bits per heavy atom. The predicted molar refractivity (Wildman–Crippen MR) is 136 cm³/mol. The van der Waals surface area contributed by atoms with Gasteiger partial charge in [-0.25, -0.2) is 4.79 Å². The second kappa shape index (κ2) is 10.3. The molecule has 4 heterocycles. The summed E-state index contributed by atoms with van der Waals surface area (Å²) in [6.45, 7) is 4.53. The van der Waals surface area contributed by atoms with Crippen LogP contribution in [0.5, 0.6) is 0 Å². The lowest BCUT2D eigenvalue weighted by Gasteiger charge is -2.51. The van der Waals surface area contributed by atoms with E-state index in [2.05, 4.69) is 10.5 Å². The van der Waals surface area contributed by atoms with E-state index < -0.39 is 11.6 Å². The van der Waals surface area contributed by atoms with Gasteiger partial charge in [0.2, 0.25) is 5.60 Å². The van der Waals surface area contributed by atoms with Gasteiger partial charge in [0.25, 0.3) is 5.91 Å². The van der Waals surface area contributed by atoms with E-state index in [1.165, 1.54) is 0 Å². The van der Waals surface area contributed by atoms with Crippen LogP contribution in [-0.4, -0.2) is 58.9 Å². The minimum Gasteiger partial charge on any atom is -1.00 e. The van der Waals surface area contributed by atoms with Gasteiger partial charge in [-0.2, -0.15) is 0 Å². The molecule has 1 aliphatic carbocycles. The number of quaternary nitrogens is 1. The zero-order chi connectivity index (χ0) is 25.6. The number of aryl methyl sites for hydroxylation is 1. The fourth-order valence-corrected chi connectivity index (χ4v) is 6.45. The van der Waals surface area contributed by atoms with Crippen molar-refractivity contribution in [3.05, 3.63) is 82.6 Å². The first kappa shape index (κ1) is 26.6. The molecule has 2 N–H and O–H groups in total. The average Bonchev–Trinajstić information content (AvgIpc) is 3.36. The maximum absolute atomic E-state index is 13.8. The molecule has 2 aromatic carbocycles. The van der Waals surface area contributed by atoms with Crippen molar-refractivity contribution in [3.8, 4) is 0 Å². The monoisotopic (exact) mass is 581 g/mol. The molecule has 38 heavy (non-hydrogen) atoms. The molecule has 0 spiro atoms. The highest BCUT2D eigenvalue weighted by atomic mass is 79.9. The van der Waals surface area contributed by atoms with Gasteiger partial charge in [-0.3, -0.25) is 4.79 Å². The van der Waals surface area contributed by atoms with E-state index >= 15 is 0 Å². The smallest absolute Gasteiger partial charge is 0.348 e. The van der Waals surface area contributed by atoms with Crippen molar-refractivity contribution in [2.75, 3.05) is 31.5 Å². The fourth-order valence-electron chi connectivity index (χ4n) is 6.45. The van der Waals surface area contributed by atoms with Crippen LogP contribution in [0.2, 0.25) is 0 Å². The summed E-state index contributed by atoms with van der Waals surface area (Å²) in [5, 5.41) is 18.7. The number of benzene rings is 2. The number of hydrogen-bond donors (Lipinski definition) is 2. The van der Waals surface area contributed by atoms with E-state index in [4.69, 9.17) is 9.26 Å². The molecule has 2 bridgehead atoms. The summed E-state index contributed by atoms with van der Waals surface area (Å²) in [5.74, 6) is 0.606. The van der Waals surface area contributed by atoms with E-state index in [0.717, 1.165) is 42.8 Å². The number of carbonyl (C=O) groups is 2. The molecular formula is C29H32BrN3O5. The number of rotatable bonds is 6. The Morgan fingerprint density at radius 3 is 2.34 bits per heavy atom. The van der Waals surface area contributed by atoms with Gasteiger partial charge >= 0.3 is 5.97 Å². The Morgan fingerprint density at radius 2 is 1.74 bits per heavy atom. The first-order valence-corrected chi connectivity index (χ1v) is 13.1. The number of fused-ring (bicyclic) bond motifs is 5. The predicted octanol–water partition coefficient (Wildman–Crippen LogP) is 0.172. The molecule has 0 unspecified atom stereocenters. The molecule has 7 rings (SSSR count). The summed E-state index contributed by atoms with van der Waals surface area (Å²) < 4.78 is 11.9. The van der Waals surface area contributed by atoms with Gasteiger partial charge < -0.3 is 41.1 Å². The van der Waals surface area contributed by atoms with Gasteiger partial charge in [0.1, 0.15) is 12.3 Å².